The number of amides is 1. The fraction of sp³-hybridized carbons (Fsp3) is 0.440. The minimum Gasteiger partial charge on any atom is -0.453 e. The molecule has 0 radical (unpaired) electrons. The topological polar surface area (TPSA) is 105 Å². The standard InChI is InChI=1S/C25H30FN5O2/c1-14-12-30-24-23(14)22(7-9-29-24)33-21-5-2-15(10-18(21)26)11-19(27)25(32)31-20-13-28-8-6-16-3-4-17(16)20/h2,5,7,9-10,12,16-17,19-20,28H,3-4,6,8,11,13,27H2,1H3,(H,29,30)(H,31,32)/t16?,17-,19+,20+/m1/s1. The number of hydrogen-bond donors (Lipinski definition) is 4. The highest BCUT2D eigenvalue weighted by molar-refractivity contribution is 5.86. The highest BCUT2D eigenvalue weighted by Crippen LogP contribution is 2.40. The average molecular weight is 452 g/mol. The van der Waals surface area contributed by atoms with Crippen LogP contribution in [-0.2, 0) is 11.2 Å². The van der Waals surface area contributed by atoms with Crippen LogP contribution in [0, 0.1) is 24.6 Å². The monoisotopic (exact) mass is 451 g/mol. The number of benzene rings is 1. The lowest BCUT2D eigenvalue weighted by molar-refractivity contribution is -0.123. The van der Waals surface area contributed by atoms with Crippen molar-refractivity contribution in [2.75, 3.05) is 13.1 Å². The molecule has 4 atom stereocenters. The summed E-state index contributed by atoms with van der Waals surface area (Å²) in [6.45, 7) is 3.72. The van der Waals surface area contributed by atoms with Crippen LogP contribution >= 0.6 is 0 Å². The Morgan fingerprint density at radius 2 is 2.18 bits per heavy atom. The number of pyridine rings is 1. The lowest BCUT2D eigenvalue weighted by Gasteiger charge is -2.40. The fourth-order valence-electron chi connectivity index (χ4n) is 5.11. The van der Waals surface area contributed by atoms with Crippen molar-refractivity contribution in [3.8, 4) is 11.5 Å². The largest absolute Gasteiger partial charge is 0.453 e. The molecule has 1 saturated heterocycles. The lowest BCUT2D eigenvalue weighted by Crippen LogP contribution is -2.54. The lowest BCUT2D eigenvalue weighted by atomic mass is 9.69. The number of H-pyrrole nitrogens is 1. The molecule has 3 aromatic rings. The number of ether oxygens (including phenoxy) is 1. The Morgan fingerprint density at radius 3 is 2.97 bits per heavy atom. The summed E-state index contributed by atoms with van der Waals surface area (Å²) in [6, 6.07) is 5.82. The van der Waals surface area contributed by atoms with Gasteiger partial charge in [0.15, 0.2) is 11.6 Å². The third kappa shape index (κ3) is 4.45. The van der Waals surface area contributed by atoms with Gasteiger partial charge in [-0.1, -0.05) is 6.07 Å². The number of rotatable bonds is 6. The molecule has 8 heteroatoms. The highest BCUT2D eigenvalue weighted by atomic mass is 19.1. The summed E-state index contributed by atoms with van der Waals surface area (Å²) < 4.78 is 20.7. The third-order valence-corrected chi connectivity index (χ3v) is 7.12. The zero-order valence-corrected chi connectivity index (χ0v) is 18.7. The van der Waals surface area contributed by atoms with Crippen LogP contribution in [0.2, 0.25) is 0 Å². The number of aromatic amines is 1. The van der Waals surface area contributed by atoms with E-state index >= 15 is 0 Å². The molecule has 2 aliphatic rings. The quantitative estimate of drug-likeness (QED) is 0.461. The SMILES string of the molecule is Cc1c[nH]c2nccc(Oc3ccc(C[C@H](N)C(=O)N[C@H]4CNCCC5CC[C@H]54)cc3F)c12. The normalized spacial score (nSPS) is 23.3. The van der Waals surface area contributed by atoms with Crippen molar-refractivity contribution in [2.45, 2.75) is 44.7 Å². The van der Waals surface area contributed by atoms with E-state index in [0.29, 0.717) is 28.8 Å². The molecule has 5 rings (SSSR count). The van der Waals surface area contributed by atoms with Gasteiger partial charge in [0, 0.05) is 25.0 Å². The molecule has 1 aliphatic heterocycles. The Kier molecular flexibility index (Phi) is 6.03. The number of carbonyl (C=O) groups excluding carboxylic acids is 1. The number of nitrogens with one attached hydrogen (secondary N) is 3. The smallest absolute Gasteiger partial charge is 0.237 e. The first-order valence-corrected chi connectivity index (χ1v) is 11.6. The molecular formula is C25H30FN5O2. The summed E-state index contributed by atoms with van der Waals surface area (Å²) in [4.78, 5) is 20.1. The van der Waals surface area contributed by atoms with Crippen LogP contribution < -0.4 is 21.1 Å². The Balaban J connectivity index is 1.23. The second-order valence-electron chi connectivity index (χ2n) is 9.29. The van der Waals surface area contributed by atoms with E-state index in [2.05, 4.69) is 20.6 Å². The van der Waals surface area contributed by atoms with Crippen molar-refractivity contribution in [1.29, 1.82) is 0 Å². The molecule has 1 aromatic carbocycles. The number of hydrogen-bond acceptors (Lipinski definition) is 5. The predicted octanol–water partition coefficient (Wildman–Crippen LogP) is 3.18. The van der Waals surface area contributed by atoms with E-state index in [-0.39, 0.29) is 24.1 Å². The van der Waals surface area contributed by atoms with Gasteiger partial charge in [0.05, 0.1) is 11.4 Å². The van der Waals surface area contributed by atoms with Crippen molar-refractivity contribution in [1.82, 2.24) is 20.6 Å². The molecule has 0 bridgehead atoms. The third-order valence-electron chi connectivity index (χ3n) is 7.12. The number of aryl methyl sites for hydroxylation is 1. The minimum absolute atomic E-state index is 0.116. The molecule has 0 spiro atoms. The van der Waals surface area contributed by atoms with Gasteiger partial charge in [-0.3, -0.25) is 4.79 Å². The fourth-order valence-corrected chi connectivity index (χ4v) is 5.11. The zero-order valence-electron chi connectivity index (χ0n) is 18.7. The summed E-state index contributed by atoms with van der Waals surface area (Å²) in [7, 11) is 0. The molecular weight excluding hydrogens is 421 g/mol. The zero-order chi connectivity index (χ0) is 22.9. The van der Waals surface area contributed by atoms with Crippen LogP contribution in [0.4, 0.5) is 4.39 Å². The number of fused-ring (bicyclic) bond motifs is 2. The Hall–Kier alpha value is -2.97. The van der Waals surface area contributed by atoms with Gasteiger partial charge >= 0.3 is 0 Å². The molecule has 2 fully saturated rings. The van der Waals surface area contributed by atoms with Crippen LogP contribution in [0.1, 0.15) is 30.4 Å². The summed E-state index contributed by atoms with van der Waals surface area (Å²) in [5.74, 6) is 1.20. The van der Waals surface area contributed by atoms with Crippen LogP contribution in [0.3, 0.4) is 0 Å². The van der Waals surface area contributed by atoms with Gasteiger partial charge in [0.25, 0.3) is 0 Å². The van der Waals surface area contributed by atoms with Gasteiger partial charge < -0.3 is 26.1 Å². The minimum atomic E-state index is -0.736. The van der Waals surface area contributed by atoms with Gasteiger partial charge in [-0.05, 0) is 80.3 Å². The van der Waals surface area contributed by atoms with Crippen LogP contribution in [0.5, 0.6) is 11.5 Å². The molecule has 174 valence electrons. The number of nitrogens with zero attached hydrogens (tertiary/aromatic N) is 1. The van der Waals surface area contributed by atoms with Crippen LogP contribution in [-0.4, -0.2) is 41.0 Å². The Morgan fingerprint density at radius 1 is 1.30 bits per heavy atom. The molecule has 7 nitrogen and oxygen atoms in total. The van der Waals surface area contributed by atoms with E-state index in [9.17, 15) is 9.18 Å². The van der Waals surface area contributed by atoms with Gasteiger partial charge in [-0.15, -0.1) is 0 Å². The Bertz CT molecular complexity index is 1160. The number of nitrogens with two attached hydrogens (primary N) is 1. The van der Waals surface area contributed by atoms with E-state index in [1.807, 2.05) is 13.1 Å². The molecule has 1 aliphatic carbocycles. The van der Waals surface area contributed by atoms with Crippen molar-refractivity contribution in [2.24, 2.45) is 17.6 Å². The second-order valence-corrected chi connectivity index (χ2v) is 9.29. The molecule has 1 saturated carbocycles. The maximum absolute atomic E-state index is 14.8. The molecule has 3 heterocycles. The van der Waals surface area contributed by atoms with Gasteiger partial charge in [-0.25, -0.2) is 9.37 Å². The number of aromatic nitrogens is 2. The maximum Gasteiger partial charge on any atom is 0.237 e. The first-order valence-electron chi connectivity index (χ1n) is 11.6. The Labute approximate surface area is 192 Å². The molecule has 33 heavy (non-hydrogen) atoms. The molecule has 1 unspecified atom stereocenters. The maximum atomic E-state index is 14.8. The summed E-state index contributed by atoms with van der Waals surface area (Å²) in [5, 5.41) is 7.37. The number of carbonyl (C=O) groups is 1. The van der Waals surface area contributed by atoms with Crippen LogP contribution in [0.25, 0.3) is 11.0 Å². The van der Waals surface area contributed by atoms with E-state index in [4.69, 9.17) is 10.5 Å². The first kappa shape index (κ1) is 21.9. The summed E-state index contributed by atoms with van der Waals surface area (Å²) in [6.07, 6.45) is 7.29. The van der Waals surface area contributed by atoms with Crippen molar-refractivity contribution in [3.05, 3.63) is 53.6 Å². The molecule has 5 N–H and O–H groups in total. The van der Waals surface area contributed by atoms with Crippen molar-refractivity contribution < 1.29 is 13.9 Å². The van der Waals surface area contributed by atoms with Crippen LogP contribution in [0.15, 0.2) is 36.7 Å². The molecule has 2 aromatic heterocycles. The van der Waals surface area contributed by atoms with Gasteiger partial charge in [0.1, 0.15) is 11.4 Å². The van der Waals surface area contributed by atoms with Gasteiger partial charge in [0.2, 0.25) is 5.91 Å². The summed E-state index contributed by atoms with van der Waals surface area (Å²) >= 11 is 0. The van der Waals surface area contributed by atoms with E-state index in [1.54, 1.807) is 24.4 Å². The molecule has 1 amide bonds. The average Bonchev–Trinajstić information content (AvgIpc) is 3.09. The van der Waals surface area contributed by atoms with E-state index in [1.165, 1.54) is 18.9 Å². The second kappa shape index (κ2) is 9.11. The van der Waals surface area contributed by atoms with E-state index in [0.717, 1.165) is 30.5 Å². The van der Waals surface area contributed by atoms with Crippen molar-refractivity contribution in [3.63, 3.8) is 0 Å². The first-order chi connectivity index (χ1) is 16.0. The van der Waals surface area contributed by atoms with Crippen molar-refractivity contribution >= 4 is 16.9 Å². The number of halogens is 1. The van der Waals surface area contributed by atoms with Gasteiger partial charge in [-0.2, -0.15) is 0 Å². The summed E-state index contributed by atoms with van der Waals surface area (Å²) in [5.41, 5.74) is 8.50. The van der Waals surface area contributed by atoms with E-state index < -0.39 is 11.9 Å². The predicted molar refractivity (Wildman–Crippen MR) is 125 cm³/mol. The highest BCUT2D eigenvalue weighted by Gasteiger charge is 2.39.